The molecule has 3 atom stereocenters. The molecule has 2 amide bonds. The first kappa shape index (κ1) is 22.1. The summed E-state index contributed by atoms with van der Waals surface area (Å²) in [6.45, 7) is 1.96. The maximum Gasteiger partial charge on any atom is 0.267 e. The minimum atomic E-state index is -2.17. The smallest absolute Gasteiger partial charge is 0.267 e. The molecule has 2 aliphatic heterocycles. The predicted molar refractivity (Wildman–Crippen MR) is 128 cm³/mol. The maximum absolute atomic E-state index is 13.9. The molecule has 2 heterocycles. The molecule has 0 aliphatic carbocycles. The summed E-state index contributed by atoms with van der Waals surface area (Å²) in [6.07, 6.45) is 0. The molecule has 0 aromatic heterocycles. The number of hydrogen-bond donors (Lipinski definition) is 1. The number of carbonyl (C=O) groups excluding carboxylic acids is 2. The molecule has 3 aromatic carbocycles. The summed E-state index contributed by atoms with van der Waals surface area (Å²) in [4.78, 5) is 30.6. The van der Waals surface area contributed by atoms with Gasteiger partial charge in [0.1, 0.15) is 11.8 Å². The number of β-lactam (4-membered cyclic amide) rings is 1. The lowest BCUT2D eigenvalue weighted by atomic mass is 9.64. The van der Waals surface area contributed by atoms with E-state index in [1.165, 1.54) is 16.9 Å². The Balaban J connectivity index is 1.72. The van der Waals surface area contributed by atoms with Gasteiger partial charge in [0.2, 0.25) is 11.2 Å². The number of amides is 2. The first-order chi connectivity index (χ1) is 16.3. The van der Waals surface area contributed by atoms with Crippen LogP contribution in [-0.4, -0.2) is 43.8 Å². The number of methoxy groups -OCH3 is 2. The number of anilines is 2. The van der Waals surface area contributed by atoms with Crippen molar-refractivity contribution < 1.29 is 24.2 Å². The Kier molecular flexibility index (Phi) is 5.00. The lowest BCUT2D eigenvalue weighted by Gasteiger charge is -2.58. The lowest BCUT2D eigenvalue weighted by Crippen LogP contribution is -2.79. The molecule has 2 aliphatic rings. The number of ether oxygens (including phenoxy) is 2. The molecule has 5 rings (SSSR count). The van der Waals surface area contributed by atoms with E-state index in [1.54, 1.807) is 56.6 Å². The predicted octanol–water partition coefficient (Wildman–Crippen LogP) is 3.34. The van der Waals surface area contributed by atoms with Crippen molar-refractivity contribution in [2.45, 2.75) is 24.2 Å². The molecule has 1 saturated heterocycles. The second-order valence-corrected chi connectivity index (χ2v) is 8.72. The Morgan fingerprint density at radius 2 is 1.53 bits per heavy atom. The third-order valence-electron chi connectivity index (χ3n) is 7.04. The number of carbonyl (C=O) groups is 2. The van der Waals surface area contributed by atoms with Crippen molar-refractivity contribution in [2.24, 2.45) is 0 Å². The highest BCUT2D eigenvalue weighted by atomic mass is 16.5. The van der Waals surface area contributed by atoms with E-state index in [-0.39, 0.29) is 0 Å². The number of aliphatic hydroxyl groups is 1. The summed E-state index contributed by atoms with van der Waals surface area (Å²) in [6, 6.07) is 20.8. The van der Waals surface area contributed by atoms with Crippen LogP contribution in [0.3, 0.4) is 0 Å². The molecule has 1 N–H and O–H groups in total. The number of aryl methyl sites for hydroxylation is 1. The lowest BCUT2D eigenvalue weighted by molar-refractivity contribution is -0.211. The molecule has 0 bridgehead atoms. The zero-order chi connectivity index (χ0) is 24.3. The maximum atomic E-state index is 13.9. The van der Waals surface area contributed by atoms with Crippen LogP contribution in [0.5, 0.6) is 5.75 Å². The fourth-order valence-corrected chi connectivity index (χ4v) is 5.28. The van der Waals surface area contributed by atoms with E-state index in [0.29, 0.717) is 28.3 Å². The topological polar surface area (TPSA) is 79.3 Å². The van der Waals surface area contributed by atoms with Gasteiger partial charge in [-0.3, -0.25) is 14.5 Å². The van der Waals surface area contributed by atoms with Gasteiger partial charge >= 0.3 is 0 Å². The van der Waals surface area contributed by atoms with Crippen LogP contribution in [0.1, 0.15) is 22.7 Å². The molecular formula is C27H26N2O5. The van der Waals surface area contributed by atoms with Crippen molar-refractivity contribution >= 4 is 23.2 Å². The van der Waals surface area contributed by atoms with Gasteiger partial charge in [0.25, 0.3) is 11.8 Å². The number of hydrogen-bond acceptors (Lipinski definition) is 5. The van der Waals surface area contributed by atoms with E-state index >= 15 is 0 Å². The fourth-order valence-electron chi connectivity index (χ4n) is 5.28. The van der Waals surface area contributed by atoms with Gasteiger partial charge in [0.15, 0.2) is 0 Å². The minimum Gasteiger partial charge on any atom is -0.497 e. The van der Waals surface area contributed by atoms with Crippen LogP contribution in [0, 0.1) is 6.92 Å². The third-order valence-corrected chi connectivity index (χ3v) is 7.04. The van der Waals surface area contributed by atoms with E-state index in [0.717, 1.165) is 5.56 Å². The zero-order valence-corrected chi connectivity index (χ0v) is 19.5. The molecule has 0 unspecified atom stereocenters. The first-order valence-electron chi connectivity index (χ1n) is 11.0. The van der Waals surface area contributed by atoms with Gasteiger partial charge in [-0.05, 0) is 42.8 Å². The molecule has 34 heavy (non-hydrogen) atoms. The highest BCUT2D eigenvalue weighted by Gasteiger charge is 2.77. The van der Waals surface area contributed by atoms with E-state index in [9.17, 15) is 14.7 Å². The van der Waals surface area contributed by atoms with Crippen LogP contribution >= 0.6 is 0 Å². The van der Waals surface area contributed by atoms with Crippen LogP contribution in [0.25, 0.3) is 0 Å². The van der Waals surface area contributed by atoms with Gasteiger partial charge in [-0.15, -0.1) is 0 Å². The highest BCUT2D eigenvalue weighted by Crippen LogP contribution is 2.59. The Morgan fingerprint density at radius 3 is 2.15 bits per heavy atom. The average molecular weight is 459 g/mol. The van der Waals surface area contributed by atoms with Crippen molar-refractivity contribution in [2.75, 3.05) is 31.1 Å². The Labute approximate surface area is 198 Å². The second kappa shape index (κ2) is 7.68. The molecule has 0 spiro atoms. The molecule has 7 nitrogen and oxygen atoms in total. The fraction of sp³-hybridized carbons (Fsp3) is 0.259. The quantitative estimate of drug-likeness (QED) is 0.594. The Bertz CT molecular complexity index is 1270. The van der Waals surface area contributed by atoms with Crippen LogP contribution < -0.4 is 14.5 Å². The van der Waals surface area contributed by atoms with Crippen molar-refractivity contribution in [3.8, 4) is 5.75 Å². The van der Waals surface area contributed by atoms with Gasteiger partial charge in [-0.1, -0.05) is 48.0 Å². The van der Waals surface area contributed by atoms with E-state index in [4.69, 9.17) is 9.47 Å². The van der Waals surface area contributed by atoms with E-state index in [1.807, 2.05) is 37.3 Å². The number of fused-ring (bicyclic) bond motifs is 1. The summed E-state index contributed by atoms with van der Waals surface area (Å²) in [5.74, 6) is -0.448. The summed E-state index contributed by atoms with van der Waals surface area (Å²) in [5.41, 5.74) is -0.687. The molecule has 0 radical (unpaired) electrons. The SMILES string of the molecule is COc1ccc(N2C(=O)[C@@](O)([C@]3(OC)C(=O)N(C)c4ccccc43)[C@@H]2c2ccc(C)cc2)cc1. The monoisotopic (exact) mass is 458 g/mol. The molecule has 7 heteroatoms. The first-order valence-corrected chi connectivity index (χ1v) is 11.0. The van der Waals surface area contributed by atoms with Gasteiger partial charge in [-0.2, -0.15) is 0 Å². The molecular weight excluding hydrogens is 432 g/mol. The minimum absolute atomic E-state index is 0.465. The van der Waals surface area contributed by atoms with Gasteiger partial charge in [0, 0.05) is 25.4 Å². The number of likely N-dealkylation sites (N-methyl/N-ethyl adjacent to an activating group) is 1. The van der Waals surface area contributed by atoms with Crippen LogP contribution in [0.15, 0.2) is 72.8 Å². The largest absolute Gasteiger partial charge is 0.497 e. The summed E-state index contributed by atoms with van der Waals surface area (Å²) in [7, 11) is 4.55. The number of nitrogens with zero attached hydrogens (tertiary/aromatic N) is 2. The van der Waals surface area contributed by atoms with Crippen molar-refractivity contribution in [3.63, 3.8) is 0 Å². The van der Waals surface area contributed by atoms with Crippen molar-refractivity contribution in [1.29, 1.82) is 0 Å². The Morgan fingerprint density at radius 1 is 0.882 bits per heavy atom. The van der Waals surface area contributed by atoms with Crippen LogP contribution in [0.2, 0.25) is 0 Å². The summed E-state index contributed by atoms with van der Waals surface area (Å²) < 4.78 is 11.1. The van der Waals surface area contributed by atoms with Gasteiger partial charge in [0.05, 0.1) is 12.8 Å². The van der Waals surface area contributed by atoms with Crippen molar-refractivity contribution in [1.82, 2.24) is 0 Å². The van der Waals surface area contributed by atoms with Gasteiger partial charge < -0.3 is 19.5 Å². The zero-order valence-electron chi connectivity index (χ0n) is 19.5. The number of para-hydroxylation sites is 1. The number of rotatable bonds is 5. The highest BCUT2D eigenvalue weighted by molar-refractivity contribution is 6.18. The van der Waals surface area contributed by atoms with Gasteiger partial charge in [-0.25, -0.2) is 0 Å². The second-order valence-electron chi connectivity index (χ2n) is 8.72. The molecule has 1 fully saturated rings. The standard InChI is InChI=1S/C27H26N2O5/c1-17-9-11-18(12-10-17)23-26(32,24(30)29(23)19-13-15-20(33-3)16-14-19)27(34-4)21-7-5-6-8-22(21)28(2)25(27)31/h5-16,23,32H,1-4H3/t23-,26+,27+/m0/s1. The van der Waals surface area contributed by atoms with Crippen LogP contribution in [0.4, 0.5) is 11.4 Å². The van der Waals surface area contributed by atoms with Crippen LogP contribution in [-0.2, 0) is 19.9 Å². The molecule has 0 saturated carbocycles. The summed E-state index contributed by atoms with van der Waals surface area (Å²) >= 11 is 0. The third kappa shape index (κ3) is 2.65. The van der Waals surface area contributed by atoms with Crippen molar-refractivity contribution in [3.05, 3.63) is 89.5 Å². The normalized spacial score (nSPS) is 25.9. The van der Waals surface area contributed by atoms with E-state index in [2.05, 4.69) is 0 Å². The van der Waals surface area contributed by atoms with E-state index < -0.39 is 29.1 Å². The molecule has 3 aromatic rings. The average Bonchev–Trinajstić information content (AvgIpc) is 3.10. The number of benzene rings is 3. The molecule has 174 valence electrons. The summed E-state index contributed by atoms with van der Waals surface area (Å²) in [5, 5.41) is 12.3. The Hall–Kier alpha value is -3.68.